The molecule has 0 heterocycles. The van der Waals surface area contributed by atoms with E-state index < -0.39 is 4.92 Å². The van der Waals surface area contributed by atoms with Crippen molar-refractivity contribution >= 4 is 11.9 Å². The van der Waals surface area contributed by atoms with Crippen molar-refractivity contribution in [2.45, 2.75) is 6.54 Å². The summed E-state index contributed by atoms with van der Waals surface area (Å²) in [6, 6.07) is 15.4. The second-order valence-corrected chi connectivity index (χ2v) is 4.01. The van der Waals surface area contributed by atoms with E-state index in [0.29, 0.717) is 10.3 Å². The first kappa shape index (κ1) is 12.8. The van der Waals surface area contributed by atoms with Gasteiger partial charge in [0.05, 0.1) is 4.92 Å². The van der Waals surface area contributed by atoms with Gasteiger partial charge in [-0.2, -0.15) is 0 Å². The standard InChI is InChI=1S/C14H12N2O3/c17-15(10-12-6-2-1-3-7-12)11-13-8-4-5-9-14(13)16(18)19/h1-9,11H,10H2/b15-11-. The fourth-order valence-corrected chi connectivity index (χ4v) is 1.73. The average Bonchev–Trinajstić information content (AvgIpc) is 2.40. The van der Waals surface area contributed by atoms with Crippen LogP contribution in [0.15, 0.2) is 54.6 Å². The van der Waals surface area contributed by atoms with Crippen molar-refractivity contribution in [2.24, 2.45) is 0 Å². The topological polar surface area (TPSA) is 69.2 Å². The lowest BCUT2D eigenvalue weighted by Crippen LogP contribution is -2.07. The molecule has 0 aromatic heterocycles. The third kappa shape index (κ3) is 3.38. The second kappa shape index (κ2) is 5.77. The molecular weight excluding hydrogens is 244 g/mol. The minimum absolute atomic E-state index is 0.0728. The van der Waals surface area contributed by atoms with Gasteiger partial charge in [0, 0.05) is 11.6 Å². The van der Waals surface area contributed by atoms with Gasteiger partial charge in [-0.25, -0.2) is 4.74 Å². The summed E-state index contributed by atoms with van der Waals surface area (Å²) in [5, 5.41) is 22.6. The number of nitrogens with zero attached hydrogens (tertiary/aromatic N) is 2. The quantitative estimate of drug-likeness (QED) is 0.277. The lowest BCUT2D eigenvalue weighted by atomic mass is 10.2. The molecule has 0 aliphatic carbocycles. The molecule has 0 amide bonds. The maximum Gasteiger partial charge on any atom is 0.282 e. The fraction of sp³-hybridized carbons (Fsp3) is 0.0714. The van der Waals surface area contributed by atoms with E-state index in [4.69, 9.17) is 0 Å². The molecular formula is C14H12N2O3. The summed E-state index contributed by atoms with van der Waals surface area (Å²) >= 11 is 0. The number of para-hydroxylation sites is 1. The van der Waals surface area contributed by atoms with Gasteiger partial charge in [-0.15, -0.1) is 0 Å². The van der Waals surface area contributed by atoms with Crippen LogP contribution in [0.5, 0.6) is 0 Å². The van der Waals surface area contributed by atoms with E-state index in [0.717, 1.165) is 5.56 Å². The lowest BCUT2D eigenvalue weighted by molar-refractivity contribution is -0.469. The van der Waals surface area contributed by atoms with E-state index in [1.54, 1.807) is 18.2 Å². The first-order chi connectivity index (χ1) is 9.16. The zero-order valence-corrected chi connectivity index (χ0v) is 10.1. The molecule has 0 saturated carbocycles. The van der Waals surface area contributed by atoms with E-state index in [1.807, 2.05) is 30.3 Å². The van der Waals surface area contributed by atoms with Crippen molar-refractivity contribution in [3.8, 4) is 0 Å². The molecule has 0 aliphatic heterocycles. The van der Waals surface area contributed by atoms with Crippen molar-refractivity contribution in [1.82, 2.24) is 0 Å². The van der Waals surface area contributed by atoms with Crippen LogP contribution in [0, 0.1) is 15.3 Å². The van der Waals surface area contributed by atoms with E-state index in [-0.39, 0.29) is 12.2 Å². The molecule has 2 rings (SSSR count). The molecule has 2 aromatic carbocycles. The van der Waals surface area contributed by atoms with Gasteiger partial charge in [-0.1, -0.05) is 42.5 Å². The predicted octanol–water partition coefficient (Wildman–Crippen LogP) is 2.72. The van der Waals surface area contributed by atoms with Crippen LogP contribution in [-0.4, -0.2) is 15.9 Å². The largest absolute Gasteiger partial charge is 0.624 e. The van der Waals surface area contributed by atoms with Crippen LogP contribution in [0.3, 0.4) is 0 Å². The van der Waals surface area contributed by atoms with Crippen LogP contribution in [0.4, 0.5) is 5.69 Å². The highest BCUT2D eigenvalue weighted by Gasteiger charge is 2.13. The van der Waals surface area contributed by atoms with Gasteiger partial charge in [-0.05, 0) is 6.07 Å². The molecule has 0 unspecified atom stereocenters. The summed E-state index contributed by atoms with van der Waals surface area (Å²) in [5.41, 5.74) is 1.09. The molecule has 0 fully saturated rings. The van der Waals surface area contributed by atoms with E-state index in [9.17, 15) is 15.3 Å². The molecule has 0 aliphatic rings. The first-order valence-electron chi connectivity index (χ1n) is 5.73. The summed E-state index contributed by atoms with van der Waals surface area (Å²) in [7, 11) is 0. The van der Waals surface area contributed by atoms with Gasteiger partial charge in [0.25, 0.3) is 5.69 Å². The molecule has 0 radical (unpaired) electrons. The minimum Gasteiger partial charge on any atom is -0.624 e. The van der Waals surface area contributed by atoms with Crippen molar-refractivity contribution in [3.63, 3.8) is 0 Å². The highest BCUT2D eigenvalue weighted by Crippen LogP contribution is 2.15. The Morgan fingerprint density at radius 1 is 0.947 bits per heavy atom. The molecule has 0 bridgehead atoms. The van der Waals surface area contributed by atoms with Crippen LogP contribution in [0.2, 0.25) is 0 Å². The molecule has 5 heteroatoms. The number of hydrogen-bond donors (Lipinski definition) is 0. The predicted molar refractivity (Wildman–Crippen MR) is 72.0 cm³/mol. The molecule has 0 saturated heterocycles. The van der Waals surface area contributed by atoms with Crippen LogP contribution in [0.1, 0.15) is 11.1 Å². The van der Waals surface area contributed by atoms with Crippen LogP contribution >= 0.6 is 0 Å². The number of nitro benzene ring substituents is 1. The maximum absolute atomic E-state index is 11.8. The third-order valence-corrected chi connectivity index (χ3v) is 2.60. The summed E-state index contributed by atoms with van der Waals surface area (Å²) in [6.07, 6.45) is 1.24. The zero-order chi connectivity index (χ0) is 13.7. The summed E-state index contributed by atoms with van der Waals surface area (Å²) in [6.45, 7) is 0.160. The number of rotatable bonds is 4. The van der Waals surface area contributed by atoms with Crippen LogP contribution in [-0.2, 0) is 6.54 Å². The van der Waals surface area contributed by atoms with Crippen molar-refractivity contribution in [2.75, 3.05) is 0 Å². The van der Waals surface area contributed by atoms with Gasteiger partial charge >= 0.3 is 0 Å². The average molecular weight is 256 g/mol. The smallest absolute Gasteiger partial charge is 0.282 e. The molecule has 0 spiro atoms. The van der Waals surface area contributed by atoms with Crippen molar-refractivity contribution < 1.29 is 9.66 Å². The molecule has 19 heavy (non-hydrogen) atoms. The minimum atomic E-state index is -0.498. The Kier molecular flexibility index (Phi) is 3.87. The Bertz CT molecular complexity index is 609. The molecule has 0 N–H and O–H groups in total. The highest BCUT2D eigenvalue weighted by molar-refractivity contribution is 5.81. The Hall–Kier alpha value is -2.69. The Labute approximate surface area is 110 Å². The molecule has 0 atom stereocenters. The number of hydrogen-bond acceptors (Lipinski definition) is 3. The van der Waals surface area contributed by atoms with Gasteiger partial charge in [0.2, 0.25) is 0 Å². The molecule has 2 aromatic rings. The zero-order valence-electron chi connectivity index (χ0n) is 10.1. The summed E-state index contributed by atoms with van der Waals surface area (Å²) in [5.74, 6) is 0. The Morgan fingerprint density at radius 2 is 1.58 bits per heavy atom. The van der Waals surface area contributed by atoms with Crippen LogP contribution < -0.4 is 0 Å². The van der Waals surface area contributed by atoms with Crippen molar-refractivity contribution in [3.05, 3.63) is 81.0 Å². The van der Waals surface area contributed by atoms with Gasteiger partial charge < -0.3 is 5.21 Å². The van der Waals surface area contributed by atoms with E-state index in [1.165, 1.54) is 12.3 Å². The molecule has 5 nitrogen and oxygen atoms in total. The van der Waals surface area contributed by atoms with Gasteiger partial charge in [0.15, 0.2) is 12.8 Å². The maximum atomic E-state index is 11.8. The SMILES string of the molecule is O=[N+]([O-])c1ccccc1/C=[N+](\[O-])Cc1ccccc1. The normalized spacial score (nSPS) is 11.3. The van der Waals surface area contributed by atoms with Crippen molar-refractivity contribution in [1.29, 1.82) is 0 Å². The third-order valence-electron chi connectivity index (χ3n) is 2.60. The summed E-state index contributed by atoms with van der Waals surface area (Å²) in [4.78, 5) is 10.3. The fourth-order valence-electron chi connectivity index (χ4n) is 1.73. The lowest BCUT2D eigenvalue weighted by Gasteiger charge is -2.04. The Morgan fingerprint density at radius 3 is 2.26 bits per heavy atom. The van der Waals surface area contributed by atoms with E-state index in [2.05, 4.69) is 0 Å². The number of nitro groups is 1. The highest BCUT2D eigenvalue weighted by atomic mass is 16.6. The Balaban J connectivity index is 2.24. The van der Waals surface area contributed by atoms with Crippen LogP contribution in [0.25, 0.3) is 0 Å². The van der Waals surface area contributed by atoms with Gasteiger partial charge in [0.1, 0.15) is 5.56 Å². The summed E-state index contributed by atoms with van der Waals surface area (Å²) < 4.78 is 0.692. The molecule has 96 valence electrons. The number of hydroxylamine groups is 1. The first-order valence-corrected chi connectivity index (χ1v) is 5.73. The number of benzene rings is 2. The second-order valence-electron chi connectivity index (χ2n) is 4.01. The van der Waals surface area contributed by atoms with Gasteiger partial charge in [-0.3, -0.25) is 10.1 Å². The monoisotopic (exact) mass is 256 g/mol. The van der Waals surface area contributed by atoms with E-state index >= 15 is 0 Å².